The lowest BCUT2D eigenvalue weighted by atomic mass is 9.77. The van der Waals surface area contributed by atoms with Crippen molar-refractivity contribution in [1.29, 1.82) is 0 Å². The van der Waals surface area contributed by atoms with Crippen LogP contribution < -0.4 is 0 Å². The van der Waals surface area contributed by atoms with Crippen molar-refractivity contribution in [3.05, 3.63) is 193 Å². The summed E-state index contributed by atoms with van der Waals surface area (Å²) in [7, 11) is 0. The molecule has 0 bridgehead atoms. The normalized spacial score (nSPS) is 11.8. The zero-order chi connectivity index (χ0) is 36.9. The van der Waals surface area contributed by atoms with Gasteiger partial charge in [-0.3, -0.25) is 0 Å². The van der Waals surface area contributed by atoms with Gasteiger partial charge in [-0.15, -0.1) is 0 Å². The van der Waals surface area contributed by atoms with Crippen molar-refractivity contribution in [2.45, 2.75) is 19.3 Å². The van der Waals surface area contributed by atoms with Gasteiger partial charge in [-0.05, 0) is 35.4 Å². The molecular weight excluding hydrogens is 669 g/mol. The lowest BCUT2D eigenvalue weighted by molar-refractivity contribution is 0.641. The van der Waals surface area contributed by atoms with Crippen molar-refractivity contribution in [2.24, 2.45) is 0 Å². The van der Waals surface area contributed by atoms with Crippen LogP contribution in [-0.2, 0) is 5.41 Å². The van der Waals surface area contributed by atoms with Crippen LogP contribution in [0.15, 0.2) is 182 Å². The van der Waals surface area contributed by atoms with Crippen molar-refractivity contribution >= 4 is 43.6 Å². The second-order valence-electron chi connectivity index (χ2n) is 14.7. The Bertz CT molecular complexity index is 2820. The Kier molecular flexibility index (Phi) is 7.77. The third-order valence-electron chi connectivity index (χ3n) is 11.0. The van der Waals surface area contributed by atoms with Crippen LogP contribution in [0.4, 0.5) is 0 Å². The molecule has 10 aromatic rings. The fourth-order valence-corrected chi connectivity index (χ4v) is 7.68. The van der Waals surface area contributed by atoms with Crippen LogP contribution in [-0.4, -0.2) is 19.9 Å². The first-order valence-electron chi connectivity index (χ1n) is 18.7. The molecule has 0 spiro atoms. The number of nitrogens with zero attached hydrogens (tertiary/aromatic N) is 4. The van der Waals surface area contributed by atoms with Crippen LogP contribution in [0.1, 0.15) is 25.0 Å². The van der Waals surface area contributed by atoms with Crippen LogP contribution >= 0.6 is 0 Å². The van der Waals surface area contributed by atoms with Crippen molar-refractivity contribution in [3.63, 3.8) is 0 Å². The number of hydrogen-bond acceptors (Lipinski definition) is 4. The van der Waals surface area contributed by atoms with Gasteiger partial charge in [0.2, 0.25) is 0 Å². The molecule has 0 N–H and O–H groups in total. The average molecular weight is 705 g/mol. The highest BCUT2D eigenvalue weighted by Crippen LogP contribution is 2.36. The first kappa shape index (κ1) is 32.6. The number of pyridine rings is 4. The van der Waals surface area contributed by atoms with Crippen molar-refractivity contribution in [1.82, 2.24) is 19.9 Å². The van der Waals surface area contributed by atoms with Gasteiger partial charge in [-0.2, -0.15) is 0 Å². The summed E-state index contributed by atoms with van der Waals surface area (Å²) in [6.07, 6.45) is 0. The topological polar surface area (TPSA) is 51.6 Å². The summed E-state index contributed by atoms with van der Waals surface area (Å²) in [5.41, 5.74) is 14.0. The Labute approximate surface area is 319 Å². The second kappa shape index (κ2) is 13.1. The minimum absolute atomic E-state index is 0.216. The monoisotopic (exact) mass is 704 g/mol. The zero-order valence-electron chi connectivity index (χ0n) is 30.6. The third kappa shape index (κ3) is 5.89. The van der Waals surface area contributed by atoms with Gasteiger partial charge >= 0.3 is 0 Å². The van der Waals surface area contributed by atoms with E-state index in [9.17, 15) is 0 Å². The van der Waals surface area contributed by atoms with Gasteiger partial charge in [0.15, 0.2) is 0 Å². The van der Waals surface area contributed by atoms with E-state index >= 15 is 0 Å². The van der Waals surface area contributed by atoms with Crippen LogP contribution in [0.3, 0.4) is 0 Å². The Morgan fingerprint density at radius 3 is 0.818 bits per heavy atom. The molecule has 4 heterocycles. The van der Waals surface area contributed by atoms with Crippen LogP contribution in [0.25, 0.3) is 88.6 Å². The predicted octanol–water partition coefficient (Wildman–Crippen LogP) is 12.9. The number of fused-ring (bicyclic) bond motifs is 6. The predicted molar refractivity (Wildman–Crippen MR) is 228 cm³/mol. The van der Waals surface area contributed by atoms with E-state index in [4.69, 9.17) is 19.9 Å². The number of hydrogen-bond donors (Lipinski definition) is 0. The van der Waals surface area contributed by atoms with Crippen molar-refractivity contribution < 1.29 is 0 Å². The van der Waals surface area contributed by atoms with Crippen LogP contribution in [0.5, 0.6) is 0 Å². The fourth-order valence-electron chi connectivity index (χ4n) is 7.68. The quantitative estimate of drug-likeness (QED) is 0.162. The maximum atomic E-state index is 5.18. The molecule has 55 heavy (non-hydrogen) atoms. The van der Waals surface area contributed by atoms with Crippen LogP contribution in [0, 0.1) is 0 Å². The highest BCUT2D eigenvalue weighted by atomic mass is 14.8. The highest BCUT2D eigenvalue weighted by molar-refractivity contribution is 6.05. The Hall–Kier alpha value is -7.04. The molecule has 0 saturated heterocycles. The summed E-state index contributed by atoms with van der Waals surface area (Å²) in [6, 6.07) is 63.8. The van der Waals surface area contributed by atoms with Gasteiger partial charge in [0.05, 0.1) is 44.8 Å². The van der Waals surface area contributed by atoms with E-state index in [0.29, 0.717) is 0 Å². The molecule has 0 atom stereocenters. The number of rotatable bonds is 6. The zero-order valence-corrected chi connectivity index (χ0v) is 30.6. The molecule has 0 aliphatic carbocycles. The van der Waals surface area contributed by atoms with E-state index in [0.717, 1.165) is 88.6 Å². The SMILES string of the molecule is CC(C)(c1ccc(-c2ccc3ccc4ccc(-c5ccccc5)nc4c3n2)cc1)c1ccc(-c2ccc3ccc4ccc(-c5ccccc5)nc4c3n2)cc1. The first-order valence-corrected chi connectivity index (χ1v) is 18.7. The molecule has 0 unspecified atom stereocenters. The molecule has 4 nitrogen and oxygen atoms in total. The van der Waals surface area contributed by atoms with Crippen molar-refractivity contribution in [2.75, 3.05) is 0 Å². The average Bonchev–Trinajstić information content (AvgIpc) is 3.26. The Balaban J connectivity index is 0.939. The smallest absolute Gasteiger partial charge is 0.0972 e. The van der Waals surface area contributed by atoms with E-state index in [-0.39, 0.29) is 5.41 Å². The van der Waals surface area contributed by atoms with Gasteiger partial charge in [0, 0.05) is 49.2 Å². The molecule has 0 aliphatic rings. The van der Waals surface area contributed by atoms with Gasteiger partial charge in [0.25, 0.3) is 0 Å². The summed E-state index contributed by atoms with van der Waals surface area (Å²) in [5.74, 6) is 0. The molecule has 4 aromatic heterocycles. The minimum atomic E-state index is -0.216. The highest BCUT2D eigenvalue weighted by Gasteiger charge is 2.23. The molecule has 6 aromatic carbocycles. The number of aromatic nitrogens is 4. The van der Waals surface area contributed by atoms with Gasteiger partial charge in [-0.25, -0.2) is 19.9 Å². The molecule has 4 heteroatoms. The molecule has 0 amide bonds. The molecular formula is C51H36N4. The largest absolute Gasteiger partial charge is 0.245 e. The van der Waals surface area contributed by atoms with E-state index in [1.165, 1.54) is 11.1 Å². The maximum Gasteiger partial charge on any atom is 0.0972 e. The molecule has 0 aliphatic heterocycles. The molecule has 10 rings (SSSR count). The number of benzene rings is 6. The summed E-state index contributed by atoms with van der Waals surface area (Å²) in [4.78, 5) is 20.5. The van der Waals surface area contributed by atoms with Gasteiger partial charge in [-0.1, -0.05) is 172 Å². The minimum Gasteiger partial charge on any atom is -0.245 e. The fraction of sp³-hybridized carbons (Fsp3) is 0.0588. The summed E-state index contributed by atoms with van der Waals surface area (Å²) in [5, 5.41) is 4.33. The van der Waals surface area contributed by atoms with Gasteiger partial charge < -0.3 is 0 Å². The first-order chi connectivity index (χ1) is 27.0. The molecule has 260 valence electrons. The summed E-state index contributed by atoms with van der Waals surface area (Å²) < 4.78 is 0. The van der Waals surface area contributed by atoms with Gasteiger partial charge in [0.1, 0.15) is 0 Å². The summed E-state index contributed by atoms with van der Waals surface area (Å²) in [6.45, 7) is 4.56. The third-order valence-corrected chi connectivity index (χ3v) is 11.0. The molecule has 0 radical (unpaired) electrons. The standard InChI is InChI=1S/C51H36N4/c1-51(2,41-25-17-35(18-26-41)45-31-23-39-15-13-37-21-29-43(33-9-5-3-6-10-33)52-47(37)49(39)54-45)42-27-19-36(20-28-42)46-32-24-40-16-14-38-22-30-44(34-11-7-4-8-12-34)53-48(38)50(40)55-46/h3-32H,1-2H3. The van der Waals surface area contributed by atoms with Crippen molar-refractivity contribution in [3.8, 4) is 45.0 Å². The van der Waals surface area contributed by atoms with E-state index in [2.05, 4.69) is 159 Å². The Morgan fingerprint density at radius 1 is 0.273 bits per heavy atom. The van der Waals surface area contributed by atoms with E-state index in [1.807, 2.05) is 36.4 Å². The summed E-state index contributed by atoms with van der Waals surface area (Å²) >= 11 is 0. The lowest BCUT2D eigenvalue weighted by Crippen LogP contribution is -2.18. The molecule has 0 fully saturated rings. The lowest BCUT2D eigenvalue weighted by Gasteiger charge is -2.26. The second-order valence-corrected chi connectivity index (χ2v) is 14.7. The molecule has 0 saturated carbocycles. The Morgan fingerprint density at radius 2 is 0.527 bits per heavy atom. The van der Waals surface area contributed by atoms with E-state index in [1.54, 1.807) is 0 Å². The van der Waals surface area contributed by atoms with E-state index < -0.39 is 0 Å². The maximum absolute atomic E-state index is 5.18. The van der Waals surface area contributed by atoms with Crippen LogP contribution in [0.2, 0.25) is 0 Å².